The van der Waals surface area contributed by atoms with Gasteiger partial charge in [0.15, 0.2) is 0 Å². The molecule has 1 aliphatic heterocycles. The summed E-state index contributed by atoms with van der Waals surface area (Å²) in [6.07, 6.45) is 1.54. The lowest BCUT2D eigenvalue weighted by Crippen LogP contribution is -2.43. The molecule has 1 amide bonds. The van der Waals surface area contributed by atoms with Crippen LogP contribution in [0.1, 0.15) is 30.3 Å². The highest BCUT2D eigenvalue weighted by molar-refractivity contribution is 7.13. The highest BCUT2D eigenvalue weighted by Gasteiger charge is 2.31. The zero-order chi connectivity index (χ0) is 20.2. The Bertz CT molecular complexity index is 982. The van der Waals surface area contributed by atoms with Crippen LogP contribution >= 0.6 is 11.3 Å². The number of aromatic nitrogens is 2. The molecule has 0 N–H and O–H groups in total. The molecule has 3 aromatic rings. The van der Waals surface area contributed by atoms with Gasteiger partial charge in [0.25, 0.3) is 5.91 Å². The molecule has 0 unspecified atom stereocenters. The molecule has 1 fully saturated rings. The highest BCUT2D eigenvalue weighted by atomic mass is 32.1. The molecular formula is C22H23N3O3S. The Hall–Kier alpha value is -2.93. The molecule has 6 nitrogen and oxygen atoms in total. The number of carbonyl (C=O) groups is 2. The van der Waals surface area contributed by atoms with Gasteiger partial charge < -0.3 is 9.64 Å². The molecular weight excluding hydrogens is 386 g/mol. The summed E-state index contributed by atoms with van der Waals surface area (Å²) in [6.45, 7) is 3.16. The molecule has 1 saturated heterocycles. The maximum Gasteiger partial charge on any atom is 0.310 e. The van der Waals surface area contributed by atoms with Gasteiger partial charge in [0, 0.05) is 13.1 Å². The maximum atomic E-state index is 13.4. The largest absolute Gasteiger partial charge is 0.466 e. The molecule has 0 saturated carbocycles. The molecule has 1 atom stereocenters. The maximum absolute atomic E-state index is 13.4. The van der Waals surface area contributed by atoms with Gasteiger partial charge in [0.1, 0.15) is 11.4 Å². The lowest BCUT2D eigenvalue weighted by atomic mass is 9.98. The van der Waals surface area contributed by atoms with Crippen LogP contribution in [0.5, 0.6) is 0 Å². The molecule has 29 heavy (non-hydrogen) atoms. The summed E-state index contributed by atoms with van der Waals surface area (Å²) < 4.78 is 6.87. The average molecular weight is 410 g/mol. The quantitative estimate of drug-likeness (QED) is 0.597. The number of hydrogen-bond donors (Lipinski definition) is 0. The summed E-state index contributed by atoms with van der Waals surface area (Å²) in [6, 6.07) is 15.4. The molecule has 0 spiro atoms. The van der Waals surface area contributed by atoms with Crippen LogP contribution in [0.3, 0.4) is 0 Å². The van der Waals surface area contributed by atoms with Gasteiger partial charge in [-0.1, -0.05) is 24.3 Å². The number of rotatable bonds is 5. The molecule has 0 aliphatic carbocycles. The van der Waals surface area contributed by atoms with Crippen molar-refractivity contribution in [3.8, 4) is 16.3 Å². The zero-order valence-corrected chi connectivity index (χ0v) is 17.1. The molecule has 4 rings (SSSR count). The summed E-state index contributed by atoms with van der Waals surface area (Å²) in [5, 5.41) is 6.70. The number of thiophene rings is 1. The second kappa shape index (κ2) is 8.61. The van der Waals surface area contributed by atoms with Crippen LogP contribution in [0.4, 0.5) is 0 Å². The second-order valence-corrected chi connectivity index (χ2v) is 7.93. The fraction of sp³-hybridized carbons (Fsp3) is 0.318. The number of esters is 1. The third-order valence-electron chi connectivity index (χ3n) is 5.03. The van der Waals surface area contributed by atoms with Gasteiger partial charge in [0.2, 0.25) is 0 Å². The number of benzene rings is 1. The normalized spacial score (nSPS) is 16.6. The van der Waals surface area contributed by atoms with Crippen LogP contribution in [-0.4, -0.2) is 46.3 Å². The standard InChI is InChI=1S/C22H23N3O3S/c1-2-28-22(27)16-8-6-12-24(15-16)21(26)19-14-18(20-11-7-13-29-20)23-25(19)17-9-4-3-5-10-17/h3-5,7,9-11,13-14,16H,2,6,8,12,15H2,1H3/t16-/m0/s1. The number of para-hydroxylation sites is 1. The van der Waals surface area contributed by atoms with Crippen molar-refractivity contribution >= 4 is 23.2 Å². The van der Waals surface area contributed by atoms with Gasteiger partial charge in [0.05, 0.1) is 23.1 Å². The second-order valence-electron chi connectivity index (χ2n) is 6.98. The van der Waals surface area contributed by atoms with Gasteiger partial charge in [-0.25, -0.2) is 4.68 Å². The number of ether oxygens (including phenoxy) is 1. The van der Waals surface area contributed by atoms with Crippen LogP contribution in [0.2, 0.25) is 0 Å². The summed E-state index contributed by atoms with van der Waals surface area (Å²) in [5.74, 6) is -0.600. The molecule has 1 aliphatic rings. The summed E-state index contributed by atoms with van der Waals surface area (Å²) in [4.78, 5) is 28.4. The highest BCUT2D eigenvalue weighted by Crippen LogP contribution is 2.27. The topological polar surface area (TPSA) is 64.4 Å². The fourth-order valence-electron chi connectivity index (χ4n) is 3.62. The number of piperidine rings is 1. The van der Waals surface area contributed by atoms with Crippen molar-refractivity contribution in [3.63, 3.8) is 0 Å². The lowest BCUT2D eigenvalue weighted by molar-refractivity contribution is -0.149. The Morgan fingerprint density at radius 1 is 1.21 bits per heavy atom. The fourth-order valence-corrected chi connectivity index (χ4v) is 4.30. The van der Waals surface area contributed by atoms with Crippen molar-refractivity contribution in [1.29, 1.82) is 0 Å². The van der Waals surface area contributed by atoms with E-state index >= 15 is 0 Å². The molecule has 0 bridgehead atoms. The molecule has 3 heterocycles. The van der Waals surface area contributed by atoms with E-state index in [1.165, 1.54) is 0 Å². The van der Waals surface area contributed by atoms with E-state index in [9.17, 15) is 9.59 Å². The molecule has 7 heteroatoms. The van der Waals surface area contributed by atoms with Gasteiger partial charge in [-0.2, -0.15) is 5.10 Å². The average Bonchev–Trinajstić information content (AvgIpc) is 3.44. The van der Waals surface area contributed by atoms with Gasteiger partial charge in [-0.15, -0.1) is 11.3 Å². The van der Waals surface area contributed by atoms with Crippen molar-refractivity contribution in [2.75, 3.05) is 19.7 Å². The van der Waals surface area contributed by atoms with Crippen LogP contribution in [0.25, 0.3) is 16.3 Å². The van der Waals surface area contributed by atoms with E-state index in [4.69, 9.17) is 9.84 Å². The monoisotopic (exact) mass is 409 g/mol. The minimum atomic E-state index is -0.266. The predicted octanol–water partition coefficient (Wildman–Crippen LogP) is 4.02. The van der Waals surface area contributed by atoms with Crippen LogP contribution in [0, 0.1) is 5.92 Å². The van der Waals surface area contributed by atoms with Crippen LogP contribution < -0.4 is 0 Å². The molecule has 2 aromatic heterocycles. The zero-order valence-electron chi connectivity index (χ0n) is 16.3. The summed E-state index contributed by atoms with van der Waals surface area (Å²) in [7, 11) is 0. The van der Waals surface area contributed by atoms with Crippen molar-refractivity contribution < 1.29 is 14.3 Å². The summed E-state index contributed by atoms with van der Waals surface area (Å²) >= 11 is 1.59. The van der Waals surface area contributed by atoms with Crippen LogP contribution in [0.15, 0.2) is 53.9 Å². The first-order valence-electron chi connectivity index (χ1n) is 9.82. The lowest BCUT2D eigenvalue weighted by Gasteiger charge is -2.31. The molecule has 150 valence electrons. The van der Waals surface area contributed by atoms with E-state index in [1.54, 1.807) is 27.8 Å². The van der Waals surface area contributed by atoms with Gasteiger partial charge in [-0.3, -0.25) is 9.59 Å². The third kappa shape index (κ3) is 4.10. The van der Waals surface area contributed by atoms with E-state index in [-0.39, 0.29) is 17.8 Å². The van der Waals surface area contributed by atoms with Crippen molar-refractivity contribution in [1.82, 2.24) is 14.7 Å². The van der Waals surface area contributed by atoms with Gasteiger partial charge in [-0.05, 0) is 49.4 Å². The predicted molar refractivity (Wildman–Crippen MR) is 112 cm³/mol. The number of carbonyl (C=O) groups excluding carboxylic acids is 2. The Kier molecular flexibility index (Phi) is 5.76. The van der Waals surface area contributed by atoms with Crippen molar-refractivity contribution in [3.05, 3.63) is 59.6 Å². The van der Waals surface area contributed by atoms with E-state index in [1.807, 2.05) is 53.9 Å². The number of amides is 1. The van der Waals surface area contributed by atoms with E-state index in [2.05, 4.69) is 0 Å². The first kappa shape index (κ1) is 19.4. The first-order chi connectivity index (χ1) is 14.2. The molecule has 0 radical (unpaired) electrons. The number of nitrogens with zero attached hydrogens (tertiary/aromatic N) is 3. The minimum absolute atomic E-state index is 0.113. The van der Waals surface area contributed by atoms with Crippen LogP contribution in [-0.2, 0) is 9.53 Å². The first-order valence-corrected chi connectivity index (χ1v) is 10.7. The molecule has 1 aromatic carbocycles. The third-order valence-corrected chi connectivity index (χ3v) is 5.92. The Labute approximate surface area is 173 Å². The number of hydrogen-bond acceptors (Lipinski definition) is 5. The SMILES string of the molecule is CCOC(=O)[C@H]1CCCN(C(=O)c2cc(-c3cccs3)nn2-c2ccccc2)C1. The van der Waals surface area contributed by atoms with Gasteiger partial charge >= 0.3 is 5.97 Å². The Morgan fingerprint density at radius 3 is 2.76 bits per heavy atom. The smallest absolute Gasteiger partial charge is 0.310 e. The summed E-state index contributed by atoms with van der Waals surface area (Å²) in [5.41, 5.74) is 2.10. The van der Waals surface area contributed by atoms with E-state index < -0.39 is 0 Å². The van der Waals surface area contributed by atoms with Crippen molar-refractivity contribution in [2.45, 2.75) is 19.8 Å². The van der Waals surface area contributed by atoms with Crippen molar-refractivity contribution in [2.24, 2.45) is 5.92 Å². The Balaban J connectivity index is 1.66. The van der Waals surface area contributed by atoms with E-state index in [0.29, 0.717) is 25.4 Å². The number of likely N-dealkylation sites (tertiary alicyclic amines) is 1. The van der Waals surface area contributed by atoms with E-state index in [0.717, 1.165) is 29.1 Å². The Morgan fingerprint density at radius 2 is 2.03 bits per heavy atom. The minimum Gasteiger partial charge on any atom is -0.466 e.